The van der Waals surface area contributed by atoms with Gasteiger partial charge in [0.25, 0.3) is 0 Å². The summed E-state index contributed by atoms with van der Waals surface area (Å²) in [7, 11) is 3.44. The summed E-state index contributed by atoms with van der Waals surface area (Å²) >= 11 is 0. The standard InChI is InChI=1S/C24H33FN4O.HI/c1-18(19-7-5-4-6-8-19)29-15-13-22(14-16-29)28-24(26-2)27-17-23(30-3)20-9-11-21(25)12-10-20;/h4-12,18,22-23H,13-17H2,1-3H3,(H2,26,27,28);1H. The number of likely N-dealkylation sites (tertiary alicyclic amines) is 1. The van der Waals surface area contributed by atoms with Gasteiger partial charge in [-0.1, -0.05) is 42.5 Å². The summed E-state index contributed by atoms with van der Waals surface area (Å²) in [5.74, 6) is 0.528. The van der Waals surface area contributed by atoms with Crippen LogP contribution in [0, 0.1) is 5.82 Å². The Morgan fingerprint density at radius 3 is 2.32 bits per heavy atom. The normalized spacial score (nSPS) is 17.5. The second-order valence-electron chi connectivity index (χ2n) is 7.77. The highest BCUT2D eigenvalue weighted by Gasteiger charge is 2.24. The fourth-order valence-corrected chi connectivity index (χ4v) is 3.97. The Morgan fingerprint density at radius 1 is 1.10 bits per heavy atom. The third kappa shape index (κ3) is 7.43. The molecule has 0 spiro atoms. The molecule has 7 heteroatoms. The second-order valence-corrected chi connectivity index (χ2v) is 7.77. The molecule has 0 amide bonds. The lowest BCUT2D eigenvalue weighted by atomic mass is 10.0. The molecule has 1 saturated heterocycles. The number of methoxy groups -OCH3 is 1. The van der Waals surface area contributed by atoms with E-state index < -0.39 is 0 Å². The average Bonchev–Trinajstić information content (AvgIpc) is 2.80. The van der Waals surface area contributed by atoms with Crippen LogP contribution >= 0.6 is 24.0 Å². The Hall–Kier alpha value is -1.71. The van der Waals surface area contributed by atoms with Gasteiger partial charge in [-0.15, -0.1) is 24.0 Å². The molecule has 0 aliphatic carbocycles. The molecule has 2 aromatic rings. The van der Waals surface area contributed by atoms with E-state index in [-0.39, 0.29) is 35.9 Å². The summed E-state index contributed by atoms with van der Waals surface area (Å²) in [6.45, 7) is 4.96. The molecule has 31 heavy (non-hydrogen) atoms. The molecule has 0 bridgehead atoms. The van der Waals surface area contributed by atoms with Crippen LogP contribution in [-0.2, 0) is 4.74 Å². The predicted molar refractivity (Wildman–Crippen MR) is 136 cm³/mol. The number of piperidine rings is 1. The minimum atomic E-state index is -0.244. The van der Waals surface area contributed by atoms with Crippen LogP contribution < -0.4 is 10.6 Å². The van der Waals surface area contributed by atoms with Crippen molar-refractivity contribution in [1.29, 1.82) is 0 Å². The smallest absolute Gasteiger partial charge is 0.191 e. The highest BCUT2D eigenvalue weighted by molar-refractivity contribution is 14.0. The predicted octanol–water partition coefficient (Wildman–Crippen LogP) is 4.52. The van der Waals surface area contributed by atoms with Gasteiger partial charge in [-0.25, -0.2) is 4.39 Å². The fraction of sp³-hybridized carbons (Fsp3) is 0.458. The minimum Gasteiger partial charge on any atom is -0.375 e. The molecule has 170 valence electrons. The fourth-order valence-electron chi connectivity index (χ4n) is 3.97. The maximum atomic E-state index is 13.2. The molecule has 1 aliphatic heterocycles. The van der Waals surface area contributed by atoms with Gasteiger partial charge in [0.1, 0.15) is 5.82 Å². The first-order valence-electron chi connectivity index (χ1n) is 10.6. The summed E-state index contributed by atoms with van der Waals surface area (Å²) in [5.41, 5.74) is 2.30. The second kappa shape index (κ2) is 13.0. The van der Waals surface area contributed by atoms with Crippen LogP contribution in [0.25, 0.3) is 0 Å². The highest BCUT2D eigenvalue weighted by Crippen LogP contribution is 2.24. The zero-order valence-corrected chi connectivity index (χ0v) is 20.9. The molecule has 2 unspecified atom stereocenters. The van der Waals surface area contributed by atoms with E-state index in [1.165, 1.54) is 17.7 Å². The van der Waals surface area contributed by atoms with Crippen molar-refractivity contribution in [2.45, 2.75) is 38.0 Å². The van der Waals surface area contributed by atoms with Crippen LogP contribution in [0.2, 0.25) is 0 Å². The van der Waals surface area contributed by atoms with Gasteiger partial charge in [-0.05, 0) is 43.0 Å². The van der Waals surface area contributed by atoms with E-state index in [1.54, 1.807) is 26.3 Å². The number of ether oxygens (including phenoxy) is 1. The maximum absolute atomic E-state index is 13.2. The van der Waals surface area contributed by atoms with Gasteiger partial charge in [-0.3, -0.25) is 9.89 Å². The third-order valence-corrected chi connectivity index (χ3v) is 5.90. The van der Waals surface area contributed by atoms with Crippen molar-refractivity contribution in [1.82, 2.24) is 15.5 Å². The molecule has 0 radical (unpaired) electrons. The van der Waals surface area contributed by atoms with Gasteiger partial charge in [0.05, 0.1) is 6.10 Å². The lowest BCUT2D eigenvalue weighted by Crippen LogP contribution is -2.49. The Balaban J connectivity index is 0.00000341. The number of nitrogens with one attached hydrogen (secondary N) is 2. The Kier molecular flexibility index (Phi) is 10.7. The van der Waals surface area contributed by atoms with Crippen LogP contribution in [0.1, 0.15) is 43.0 Å². The van der Waals surface area contributed by atoms with Crippen molar-refractivity contribution in [3.8, 4) is 0 Å². The molecule has 1 heterocycles. The molecular weight excluding hydrogens is 506 g/mol. The van der Waals surface area contributed by atoms with Gasteiger partial charge < -0.3 is 15.4 Å². The van der Waals surface area contributed by atoms with E-state index in [9.17, 15) is 4.39 Å². The molecule has 0 saturated carbocycles. The monoisotopic (exact) mass is 540 g/mol. The van der Waals surface area contributed by atoms with Crippen LogP contribution in [0.15, 0.2) is 59.6 Å². The lowest BCUT2D eigenvalue weighted by molar-refractivity contribution is 0.106. The SMILES string of the molecule is CN=C(NCC(OC)c1ccc(F)cc1)NC1CCN(C(C)c2ccccc2)CC1.I. The number of hydrogen-bond acceptors (Lipinski definition) is 3. The van der Waals surface area contributed by atoms with E-state index in [2.05, 4.69) is 57.8 Å². The summed E-state index contributed by atoms with van der Waals surface area (Å²) < 4.78 is 18.7. The first-order valence-corrected chi connectivity index (χ1v) is 10.6. The number of aliphatic imine (C=N–C) groups is 1. The van der Waals surface area contributed by atoms with Crippen molar-refractivity contribution in [2.24, 2.45) is 4.99 Å². The van der Waals surface area contributed by atoms with Crippen LogP contribution in [0.3, 0.4) is 0 Å². The molecule has 2 N–H and O–H groups in total. The van der Waals surface area contributed by atoms with E-state index in [0.717, 1.165) is 37.5 Å². The number of benzene rings is 2. The number of hydrogen-bond donors (Lipinski definition) is 2. The zero-order valence-electron chi connectivity index (χ0n) is 18.6. The number of guanidine groups is 1. The van der Waals surface area contributed by atoms with Crippen LogP contribution in [-0.4, -0.2) is 50.7 Å². The maximum Gasteiger partial charge on any atom is 0.191 e. The Morgan fingerprint density at radius 2 is 1.74 bits per heavy atom. The van der Waals surface area contributed by atoms with Crippen molar-refractivity contribution >= 4 is 29.9 Å². The third-order valence-electron chi connectivity index (χ3n) is 5.90. The number of rotatable bonds is 7. The van der Waals surface area contributed by atoms with Gasteiger partial charge in [0.2, 0.25) is 0 Å². The topological polar surface area (TPSA) is 48.9 Å². The average molecular weight is 540 g/mol. The molecule has 2 aromatic carbocycles. The summed E-state index contributed by atoms with van der Waals surface area (Å²) in [6, 6.07) is 17.9. The van der Waals surface area contributed by atoms with Gasteiger partial charge in [0.15, 0.2) is 5.96 Å². The van der Waals surface area contributed by atoms with Crippen molar-refractivity contribution in [2.75, 3.05) is 33.8 Å². The summed E-state index contributed by atoms with van der Waals surface area (Å²) in [4.78, 5) is 6.90. The largest absolute Gasteiger partial charge is 0.375 e. The van der Waals surface area contributed by atoms with Crippen molar-refractivity contribution in [3.63, 3.8) is 0 Å². The Bertz CT molecular complexity index is 795. The molecule has 3 rings (SSSR count). The zero-order chi connectivity index (χ0) is 21.3. The highest BCUT2D eigenvalue weighted by atomic mass is 127. The quantitative estimate of drug-likeness (QED) is 0.308. The lowest BCUT2D eigenvalue weighted by Gasteiger charge is -2.37. The summed E-state index contributed by atoms with van der Waals surface area (Å²) in [6.07, 6.45) is 1.98. The molecule has 0 aromatic heterocycles. The van der Waals surface area contributed by atoms with Crippen LogP contribution in [0.5, 0.6) is 0 Å². The van der Waals surface area contributed by atoms with E-state index in [4.69, 9.17) is 4.74 Å². The molecule has 1 fully saturated rings. The summed E-state index contributed by atoms with van der Waals surface area (Å²) in [5, 5.41) is 6.89. The van der Waals surface area contributed by atoms with E-state index in [0.29, 0.717) is 18.6 Å². The van der Waals surface area contributed by atoms with E-state index in [1.807, 2.05) is 0 Å². The first-order chi connectivity index (χ1) is 14.6. The van der Waals surface area contributed by atoms with Gasteiger partial charge >= 0.3 is 0 Å². The first kappa shape index (κ1) is 25.5. The van der Waals surface area contributed by atoms with Crippen molar-refractivity contribution < 1.29 is 9.13 Å². The minimum absolute atomic E-state index is 0. The van der Waals surface area contributed by atoms with Crippen molar-refractivity contribution in [3.05, 3.63) is 71.5 Å². The van der Waals surface area contributed by atoms with Gasteiger partial charge in [0, 0.05) is 45.9 Å². The number of nitrogens with zero attached hydrogens (tertiary/aromatic N) is 2. The van der Waals surface area contributed by atoms with Crippen LogP contribution in [0.4, 0.5) is 4.39 Å². The Labute approximate surface area is 202 Å². The van der Waals surface area contributed by atoms with E-state index >= 15 is 0 Å². The molecule has 5 nitrogen and oxygen atoms in total. The van der Waals surface area contributed by atoms with Gasteiger partial charge in [-0.2, -0.15) is 0 Å². The number of halogens is 2. The molecular formula is C24H34FIN4O. The molecule has 2 atom stereocenters. The molecule has 1 aliphatic rings.